The van der Waals surface area contributed by atoms with Crippen LogP contribution in [-0.2, 0) is 0 Å². The summed E-state index contributed by atoms with van der Waals surface area (Å²) >= 11 is 0. The van der Waals surface area contributed by atoms with Gasteiger partial charge in [0.15, 0.2) is 0 Å². The summed E-state index contributed by atoms with van der Waals surface area (Å²) in [7, 11) is 1.67. The van der Waals surface area contributed by atoms with Gasteiger partial charge in [0, 0.05) is 37.7 Å². The fourth-order valence-corrected chi connectivity index (χ4v) is 4.04. The quantitative estimate of drug-likeness (QED) is 0.885. The zero-order chi connectivity index (χ0) is 17.6. The standard InChI is InChI=1S/C20H29N3O2/c1-21-20(25)23-12-6-9-17(14-23)15-7-5-8-16(13-15)19(24)22-18-10-3-2-4-11-18/h5,7-8,13,17-18H,2-4,6,9-12,14H2,1H3,(H,21,25)(H,22,24). The Kier molecular flexibility index (Phi) is 5.95. The van der Waals surface area contributed by atoms with Crippen LogP contribution >= 0.6 is 0 Å². The van der Waals surface area contributed by atoms with Crippen LogP contribution in [0.2, 0.25) is 0 Å². The Bertz CT molecular complexity index is 611. The third-order valence-electron chi connectivity index (χ3n) is 5.48. The zero-order valence-electron chi connectivity index (χ0n) is 15.1. The summed E-state index contributed by atoms with van der Waals surface area (Å²) in [4.78, 5) is 26.3. The molecule has 25 heavy (non-hydrogen) atoms. The van der Waals surface area contributed by atoms with Gasteiger partial charge in [-0.3, -0.25) is 4.79 Å². The molecular formula is C20H29N3O2. The van der Waals surface area contributed by atoms with Crippen molar-refractivity contribution in [2.45, 2.75) is 56.9 Å². The lowest BCUT2D eigenvalue weighted by atomic mass is 9.89. The van der Waals surface area contributed by atoms with Crippen molar-refractivity contribution < 1.29 is 9.59 Å². The van der Waals surface area contributed by atoms with Gasteiger partial charge < -0.3 is 15.5 Å². The molecule has 2 fully saturated rings. The highest BCUT2D eigenvalue weighted by molar-refractivity contribution is 5.94. The SMILES string of the molecule is CNC(=O)N1CCCC(c2cccc(C(=O)NC3CCCCC3)c2)C1. The smallest absolute Gasteiger partial charge is 0.317 e. The lowest BCUT2D eigenvalue weighted by molar-refractivity contribution is 0.0927. The van der Waals surface area contributed by atoms with E-state index >= 15 is 0 Å². The predicted molar refractivity (Wildman–Crippen MR) is 98.8 cm³/mol. The average molecular weight is 343 g/mol. The number of carbonyl (C=O) groups is 2. The number of urea groups is 1. The molecule has 1 saturated heterocycles. The third-order valence-corrected chi connectivity index (χ3v) is 5.48. The number of benzene rings is 1. The van der Waals surface area contributed by atoms with Crippen molar-refractivity contribution in [2.24, 2.45) is 0 Å². The molecule has 1 heterocycles. The Labute approximate surface area is 150 Å². The minimum atomic E-state index is -0.0177. The first-order valence-corrected chi connectivity index (χ1v) is 9.55. The van der Waals surface area contributed by atoms with Crippen molar-refractivity contribution in [3.63, 3.8) is 0 Å². The van der Waals surface area contributed by atoms with Crippen LogP contribution in [-0.4, -0.2) is 43.0 Å². The van der Waals surface area contributed by atoms with E-state index in [2.05, 4.69) is 16.7 Å². The molecule has 1 aliphatic carbocycles. The van der Waals surface area contributed by atoms with Crippen LogP contribution in [0.4, 0.5) is 4.79 Å². The van der Waals surface area contributed by atoms with Crippen LogP contribution in [0.15, 0.2) is 24.3 Å². The molecule has 5 heteroatoms. The van der Waals surface area contributed by atoms with Crippen LogP contribution < -0.4 is 10.6 Å². The molecular weight excluding hydrogens is 314 g/mol. The number of nitrogens with one attached hydrogen (secondary N) is 2. The molecule has 1 atom stereocenters. The van der Waals surface area contributed by atoms with Crippen LogP contribution in [0.25, 0.3) is 0 Å². The Hall–Kier alpha value is -2.04. The molecule has 1 aromatic rings. The lowest BCUT2D eigenvalue weighted by Crippen LogP contribution is -2.43. The second kappa shape index (κ2) is 8.37. The van der Waals surface area contributed by atoms with Gasteiger partial charge in [-0.1, -0.05) is 31.4 Å². The molecule has 0 spiro atoms. The molecule has 5 nitrogen and oxygen atoms in total. The first kappa shape index (κ1) is 17.8. The van der Waals surface area contributed by atoms with Crippen molar-refractivity contribution in [3.05, 3.63) is 35.4 Å². The van der Waals surface area contributed by atoms with Gasteiger partial charge in [-0.25, -0.2) is 4.79 Å². The second-order valence-corrected chi connectivity index (χ2v) is 7.27. The van der Waals surface area contributed by atoms with Gasteiger partial charge in [-0.05, 0) is 43.4 Å². The summed E-state index contributed by atoms with van der Waals surface area (Å²) in [5.41, 5.74) is 1.89. The molecule has 3 amide bonds. The maximum atomic E-state index is 12.6. The van der Waals surface area contributed by atoms with E-state index in [4.69, 9.17) is 0 Å². The number of rotatable bonds is 3. The van der Waals surface area contributed by atoms with E-state index in [1.165, 1.54) is 19.3 Å². The van der Waals surface area contributed by atoms with Crippen LogP contribution in [0.1, 0.15) is 66.8 Å². The van der Waals surface area contributed by atoms with E-state index in [1.807, 2.05) is 23.1 Å². The number of amides is 3. The molecule has 1 saturated carbocycles. The van der Waals surface area contributed by atoms with Gasteiger partial charge in [0.25, 0.3) is 5.91 Å². The molecule has 1 aromatic carbocycles. The van der Waals surface area contributed by atoms with E-state index in [1.54, 1.807) is 7.05 Å². The first-order chi connectivity index (χ1) is 12.2. The summed E-state index contributed by atoms with van der Waals surface area (Å²) in [6.07, 6.45) is 7.94. The Morgan fingerprint density at radius 2 is 1.88 bits per heavy atom. The molecule has 1 unspecified atom stereocenters. The summed E-state index contributed by atoms with van der Waals surface area (Å²) in [6, 6.07) is 8.25. The Balaban J connectivity index is 1.66. The second-order valence-electron chi connectivity index (χ2n) is 7.27. The van der Waals surface area contributed by atoms with Crippen LogP contribution in [0.3, 0.4) is 0 Å². The molecule has 2 aliphatic rings. The maximum Gasteiger partial charge on any atom is 0.317 e. The molecule has 0 bridgehead atoms. The van der Waals surface area contributed by atoms with Gasteiger partial charge in [-0.2, -0.15) is 0 Å². The number of hydrogen-bond donors (Lipinski definition) is 2. The van der Waals surface area contributed by atoms with Crippen LogP contribution in [0.5, 0.6) is 0 Å². The maximum absolute atomic E-state index is 12.6. The number of carbonyl (C=O) groups excluding carboxylic acids is 2. The average Bonchev–Trinajstić information content (AvgIpc) is 2.68. The number of likely N-dealkylation sites (tertiary alicyclic amines) is 1. The summed E-state index contributed by atoms with van der Waals surface area (Å²) in [5.74, 6) is 0.334. The van der Waals surface area contributed by atoms with E-state index in [-0.39, 0.29) is 11.9 Å². The lowest BCUT2D eigenvalue weighted by Gasteiger charge is -2.32. The van der Waals surface area contributed by atoms with Gasteiger partial charge in [0.2, 0.25) is 0 Å². The third kappa shape index (κ3) is 4.53. The fraction of sp³-hybridized carbons (Fsp3) is 0.600. The largest absolute Gasteiger partial charge is 0.349 e. The Morgan fingerprint density at radius 3 is 2.64 bits per heavy atom. The van der Waals surface area contributed by atoms with E-state index in [0.29, 0.717) is 18.5 Å². The van der Waals surface area contributed by atoms with E-state index in [0.717, 1.165) is 43.4 Å². The topological polar surface area (TPSA) is 61.4 Å². The van der Waals surface area contributed by atoms with Crippen molar-refractivity contribution in [2.75, 3.05) is 20.1 Å². The van der Waals surface area contributed by atoms with Crippen molar-refractivity contribution in [1.82, 2.24) is 15.5 Å². The van der Waals surface area contributed by atoms with Crippen LogP contribution in [0, 0.1) is 0 Å². The molecule has 0 radical (unpaired) electrons. The van der Waals surface area contributed by atoms with Gasteiger partial charge in [0.1, 0.15) is 0 Å². The number of hydrogen-bond acceptors (Lipinski definition) is 2. The minimum absolute atomic E-state index is 0.0177. The zero-order valence-corrected chi connectivity index (χ0v) is 15.1. The molecule has 2 N–H and O–H groups in total. The summed E-state index contributed by atoms with van der Waals surface area (Å²) < 4.78 is 0. The predicted octanol–water partition coefficient (Wildman–Crippen LogP) is 3.27. The highest BCUT2D eigenvalue weighted by Gasteiger charge is 2.25. The Morgan fingerprint density at radius 1 is 1.08 bits per heavy atom. The molecule has 0 aromatic heterocycles. The monoisotopic (exact) mass is 343 g/mol. The van der Waals surface area contributed by atoms with Crippen molar-refractivity contribution in [3.8, 4) is 0 Å². The first-order valence-electron chi connectivity index (χ1n) is 9.55. The van der Waals surface area contributed by atoms with Gasteiger partial charge >= 0.3 is 6.03 Å². The molecule has 136 valence electrons. The van der Waals surface area contributed by atoms with Gasteiger partial charge in [-0.15, -0.1) is 0 Å². The fourth-order valence-electron chi connectivity index (χ4n) is 4.04. The molecule has 1 aliphatic heterocycles. The van der Waals surface area contributed by atoms with Crippen molar-refractivity contribution in [1.29, 1.82) is 0 Å². The van der Waals surface area contributed by atoms with Gasteiger partial charge in [0.05, 0.1) is 0 Å². The normalized spacial score (nSPS) is 21.6. The molecule has 3 rings (SSSR count). The summed E-state index contributed by atoms with van der Waals surface area (Å²) in [6.45, 7) is 1.52. The minimum Gasteiger partial charge on any atom is -0.349 e. The van der Waals surface area contributed by atoms with E-state index in [9.17, 15) is 9.59 Å². The van der Waals surface area contributed by atoms with Crippen molar-refractivity contribution >= 4 is 11.9 Å². The highest BCUT2D eigenvalue weighted by atomic mass is 16.2. The van der Waals surface area contributed by atoms with E-state index < -0.39 is 0 Å². The number of piperidine rings is 1. The highest BCUT2D eigenvalue weighted by Crippen LogP contribution is 2.27. The number of nitrogens with zero attached hydrogens (tertiary/aromatic N) is 1. The summed E-state index contributed by atoms with van der Waals surface area (Å²) in [5, 5.41) is 5.89.